The Bertz CT molecular complexity index is 246. The monoisotopic (exact) mass is 252 g/mol. The fourth-order valence-electron chi connectivity index (χ4n) is 0.499. The minimum atomic E-state index is -0.442. The first-order chi connectivity index (χ1) is 4.74. The highest BCUT2D eigenvalue weighted by molar-refractivity contribution is 14.1. The summed E-state index contributed by atoms with van der Waals surface area (Å²) >= 11 is 2.02. The molecular formula is C5H5IN2O2. The molecule has 0 unspecified atom stereocenters. The van der Waals surface area contributed by atoms with Crippen LogP contribution in [0, 0.1) is 3.70 Å². The number of nitrogens with one attached hydrogen (secondary N) is 1. The molecule has 0 atom stereocenters. The van der Waals surface area contributed by atoms with E-state index in [0.717, 1.165) is 3.70 Å². The van der Waals surface area contributed by atoms with E-state index in [-0.39, 0.29) is 5.82 Å². The lowest BCUT2D eigenvalue weighted by Gasteiger charge is -1.90. The number of H-pyrrole nitrogens is 1. The lowest BCUT2D eigenvalue weighted by atomic mass is 10.6. The third kappa shape index (κ3) is 1.47. The molecule has 0 aliphatic rings. The van der Waals surface area contributed by atoms with E-state index >= 15 is 0 Å². The molecule has 0 bridgehead atoms. The van der Waals surface area contributed by atoms with Crippen LogP contribution in [-0.2, 0) is 4.74 Å². The standard InChI is InChI=1S/C5H5IN2O2/c1-10-5(9)4-7-2-3(6)8-4/h2H,1H3,(H,7,8). The number of esters is 1. The number of carbonyl (C=O) groups excluding carboxylic acids is 1. The Morgan fingerprint density at radius 2 is 2.60 bits per heavy atom. The summed E-state index contributed by atoms with van der Waals surface area (Å²) in [5.41, 5.74) is 0. The van der Waals surface area contributed by atoms with Crippen molar-refractivity contribution in [3.05, 3.63) is 15.7 Å². The number of nitrogens with zero attached hydrogens (tertiary/aromatic N) is 1. The minimum Gasteiger partial charge on any atom is -0.463 e. The Balaban J connectivity index is 2.85. The van der Waals surface area contributed by atoms with E-state index in [1.807, 2.05) is 22.6 Å². The summed E-state index contributed by atoms with van der Waals surface area (Å²) in [6, 6.07) is 0. The number of imidazole rings is 1. The predicted octanol–water partition coefficient (Wildman–Crippen LogP) is 0.801. The number of carbonyl (C=O) groups is 1. The van der Waals surface area contributed by atoms with Crippen molar-refractivity contribution in [1.82, 2.24) is 9.97 Å². The molecule has 0 aromatic carbocycles. The Kier molecular flexibility index (Phi) is 2.25. The van der Waals surface area contributed by atoms with E-state index in [4.69, 9.17) is 0 Å². The van der Waals surface area contributed by atoms with Gasteiger partial charge in [0.05, 0.1) is 17.0 Å². The quantitative estimate of drug-likeness (QED) is 0.594. The van der Waals surface area contributed by atoms with Crippen molar-refractivity contribution in [1.29, 1.82) is 0 Å². The van der Waals surface area contributed by atoms with E-state index in [2.05, 4.69) is 14.7 Å². The van der Waals surface area contributed by atoms with Crippen molar-refractivity contribution < 1.29 is 9.53 Å². The molecule has 1 heterocycles. The molecular weight excluding hydrogens is 247 g/mol. The average Bonchev–Trinajstić information content (AvgIpc) is 2.34. The van der Waals surface area contributed by atoms with Gasteiger partial charge in [-0.1, -0.05) is 0 Å². The molecule has 1 rings (SSSR count). The Hall–Kier alpha value is -0.590. The largest absolute Gasteiger partial charge is 0.463 e. The number of ether oxygens (including phenoxy) is 1. The van der Waals surface area contributed by atoms with Crippen LogP contribution in [-0.4, -0.2) is 23.0 Å². The number of halogens is 1. The topological polar surface area (TPSA) is 55.0 Å². The van der Waals surface area contributed by atoms with Crippen molar-refractivity contribution in [2.75, 3.05) is 7.11 Å². The number of methoxy groups -OCH3 is 1. The summed E-state index contributed by atoms with van der Waals surface area (Å²) in [6.45, 7) is 0. The molecule has 0 fully saturated rings. The van der Waals surface area contributed by atoms with Crippen molar-refractivity contribution in [3.63, 3.8) is 0 Å². The molecule has 0 aliphatic carbocycles. The van der Waals surface area contributed by atoms with Gasteiger partial charge in [0.25, 0.3) is 0 Å². The average molecular weight is 252 g/mol. The summed E-state index contributed by atoms with van der Waals surface area (Å²) in [4.78, 5) is 17.2. The summed E-state index contributed by atoms with van der Waals surface area (Å²) in [5, 5.41) is 0. The molecule has 0 spiro atoms. The number of aromatic amines is 1. The third-order valence-corrected chi connectivity index (χ3v) is 1.47. The predicted molar refractivity (Wildman–Crippen MR) is 42.6 cm³/mol. The van der Waals surface area contributed by atoms with Gasteiger partial charge in [0.2, 0.25) is 5.82 Å². The maximum Gasteiger partial charge on any atom is 0.374 e. The van der Waals surface area contributed by atoms with E-state index in [0.29, 0.717) is 0 Å². The van der Waals surface area contributed by atoms with Crippen LogP contribution in [0.2, 0.25) is 0 Å². The first-order valence-electron chi connectivity index (χ1n) is 2.53. The van der Waals surface area contributed by atoms with Crippen molar-refractivity contribution in [2.45, 2.75) is 0 Å². The van der Waals surface area contributed by atoms with E-state index in [1.54, 1.807) is 6.20 Å². The van der Waals surface area contributed by atoms with Crippen LogP contribution in [0.3, 0.4) is 0 Å². The minimum absolute atomic E-state index is 0.243. The second kappa shape index (κ2) is 3.00. The summed E-state index contributed by atoms with van der Waals surface area (Å²) in [5.74, 6) is -0.199. The van der Waals surface area contributed by atoms with Crippen LogP contribution in [0.4, 0.5) is 0 Å². The molecule has 0 saturated carbocycles. The molecule has 1 N–H and O–H groups in total. The molecule has 5 heteroatoms. The smallest absolute Gasteiger partial charge is 0.374 e. The molecule has 1 aromatic rings. The van der Waals surface area contributed by atoms with Gasteiger partial charge in [0.1, 0.15) is 0 Å². The van der Waals surface area contributed by atoms with Gasteiger partial charge in [-0.05, 0) is 22.6 Å². The van der Waals surface area contributed by atoms with E-state index < -0.39 is 5.97 Å². The van der Waals surface area contributed by atoms with Gasteiger partial charge in [-0.2, -0.15) is 0 Å². The molecule has 0 aliphatic heterocycles. The summed E-state index contributed by atoms with van der Waals surface area (Å²) in [7, 11) is 1.32. The maximum absolute atomic E-state index is 10.7. The van der Waals surface area contributed by atoms with E-state index in [9.17, 15) is 4.79 Å². The zero-order chi connectivity index (χ0) is 7.56. The first kappa shape index (κ1) is 7.52. The molecule has 54 valence electrons. The Morgan fingerprint density at radius 1 is 1.90 bits per heavy atom. The fraction of sp³-hybridized carbons (Fsp3) is 0.200. The highest BCUT2D eigenvalue weighted by atomic mass is 127. The third-order valence-electron chi connectivity index (χ3n) is 0.924. The van der Waals surface area contributed by atoms with Crippen LogP contribution < -0.4 is 0 Å². The van der Waals surface area contributed by atoms with Crippen LogP contribution in [0.5, 0.6) is 0 Å². The van der Waals surface area contributed by atoms with Gasteiger partial charge >= 0.3 is 5.97 Å². The number of hydrogen-bond donors (Lipinski definition) is 1. The molecule has 10 heavy (non-hydrogen) atoms. The molecule has 1 aromatic heterocycles. The van der Waals surface area contributed by atoms with Gasteiger partial charge in [-0.15, -0.1) is 0 Å². The SMILES string of the molecule is COC(=O)c1ncc(I)[nH]1. The number of aromatic nitrogens is 2. The summed E-state index contributed by atoms with van der Waals surface area (Å²) < 4.78 is 5.23. The normalized spacial score (nSPS) is 9.40. The van der Waals surface area contributed by atoms with Gasteiger partial charge < -0.3 is 9.72 Å². The lowest BCUT2D eigenvalue weighted by Crippen LogP contribution is -2.02. The van der Waals surface area contributed by atoms with Crippen molar-refractivity contribution in [3.8, 4) is 0 Å². The van der Waals surface area contributed by atoms with Crippen LogP contribution in [0.1, 0.15) is 10.6 Å². The van der Waals surface area contributed by atoms with Crippen LogP contribution >= 0.6 is 22.6 Å². The number of rotatable bonds is 1. The Morgan fingerprint density at radius 3 is 3.00 bits per heavy atom. The first-order valence-corrected chi connectivity index (χ1v) is 3.60. The maximum atomic E-state index is 10.7. The van der Waals surface area contributed by atoms with Crippen molar-refractivity contribution in [2.24, 2.45) is 0 Å². The molecule has 0 saturated heterocycles. The Labute approximate surface area is 71.1 Å². The van der Waals surface area contributed by atoms with Gasteiger partial charge in [0, 0.05) is 0 Å². The van der Waals surface area contributed by atoms with E-state index in [1.165, 1.54) is 7.11 Å². The van der Waals surface area contributed by atoms with Crippen LogP contribution in [0.25, 0.3) is 0 Å². The highest BCUT2D eigenvalue weighted by Gasteiger charge is 2.07. The summed E-state index contributed by atoms with van der Waals surface area (Å²) in [6.07, 6.45) is 1.56. The molecule has 4 nitrogen and oxygen atoms in total. The van der Waals surface area contributed by atoms with Gasteiger partial charge in [0.15, 0.2) is 0 Å². The van der Waals surface area contributed by atoms with Crippen LogP contribution in [0.15, 0.2) is 6.20 Å². The molecule has 0 radical (unpaired) electrons. The van der Waals surface area contributed by atoms with Crippen molar-refractivity contribution >= 4 is 28.6 Å². The molecule has 0 amide bonds. The fourth-order valence-corrected chi connectivity index (χ4v) is 0.894. The van der Waals surface area contributed by atoms with Gasteiger partial charge in [-0.25, -0.2) is 9.78 Å². The second-order valence-electron chi connectivity index (χ2n) is 1.57. The lowest BCUT2D eigenvalue weighted by molar-refractivity contribution is 0.0588. The highest BCUT2D eigenvalue weighted by Crippen LogP contribution is 2.00. The zero-order valence-corrected chi connectivity index (χ0v) is 7.38. The van der Waals surface area contributed by atoms with Gasteiger partial charge in [-0.3, -0.25) is 0 Å². The number of hydrogen-bond acceptors (Lipinski definition) is 3. The second-order valence-corrected chi connectivity index (χ2v) is 2.73. The zero-order valence-electron chi connectivity index (χ0n) is 5.22.